The molecule has 1 N–H and O–H groups in total. The van der Waals surface area contributed by atoms with Gasteiger partial charge in [-0.15, -0.1) is 0 Å². The summed E-state index contributed by atoms with van der Waals surface area (Å²) >= 11 is 0. The van der Waals surface area contributed by atoms with Gasteiger partial charge in [0, 0.05) is 13.6 Å². The van der Waals surface area contributed by atoms with Gasteiger partial charge in [0.1, 0.15) is 5.71 Å². The largest absolute Gasteiger partial charge is 0.336 e. The molecule has 5 heteroatoms. The van der Waals surface area contributed by atoms with Crippen molar-refractivity contribution in [2.45, 2.75) is 13.0 Å². The van der Waals surface area contributed by atoms with Crippen molar-refractivity contribution in [1.82, 2.24) is 10.3 Å². The summed E-state index contributed by atoms with van der Waals surface area (Å²) in [7, 11) is 1.70. The maximum atomic E-state index is 11.9. The molecule has 0 saturated carbocycles. The van der Waals surface area contributed by atoms with Gasteiger partial charge in [-0.2, -0.15) is 5.10 Å². The number of carbonyl (C=O) groups is 2. The lowest BCUT2D eigenvalue weighted by Gasteiger charge is -2.16. The van der Waals surface area contributed by atoms with Gasteiger partial charge in [0.05, 0.1) is 6.42 Å². The fraction of sp³-hybridized carbons (Fsp3) is 0.250. The molecule has 0 fully saturated rings. The van der Waals surface area contributed by atoms with Crippen molar-refractivity contribution in [2.75, 3.05) is 7.05 Å². The van der Waals surface area contributed by atoms with Crippen LogP contribution in [0.1, 0.15) is 12.0 Å². The molecule has 2 rings (SSSR count). The topological polar surface area (TPSA) is 61.8 Å². The van der Waals surface area contributed by atoms with Crippen LogP contribution in [0.15, 0.2) is 35.4 Å². The molecule has 1 aromatic carbocycles. The van der Waals surface area contributed by atoms with Crippen LogP contribution < -0.4 is 5.43 Å². The molecule has 1 aliphatic heterocycles. The van der Waals surface area contributed by atoms with Crippen LogP contribution in [0.25, 0.3) is 0 Å². The normalized spacial score (nSPS) is 14.2. The van der Waals surface area contributed by atoms with E-state index in [1.807, 2.05) is 30.3 Å². The average Bonchev–Trinajstić information content (AvgIpc) is 2.76. The molecular formula is C12H13N3O2. The van der Waals surface area contributed by atoms with Crippen LogP contribution in [0.3, 0.4) is 0 Å². The number of nitrogens with one attached hydrogen (secondary N) is 1. The molecule has 0 unspecified atom stereocenters. The molecule has 1 aromatic rings. The first-order valence-corrected chi connectivity index (χ1v) is 5.31. The lowest BCUT2D eigenvalue weighted by Crippen LogP contribution is -2.32. The fourth-order valence-electron chi connectivity index (χ4n) is 1.63. The zero-order valence-electron chi connectivity index (χ0n) is 9.51. The Morgan fingerprint density at radius 1 is 1.41 bits per heavy atom. The van der Waals surface area contributed by atoms with Crippen molar-refractivity contribution in [3.63, 3.8) is 0 Å². The molecule has 0 aromatic heterocycles. The predicted octanol–water partition coefficient (Wildman–Crippen LogP) is 0.521. The number of benzene rings is 1. The van der Waals surface area contributed by atoms with Gasteiger partial charge in [0.2, 0.25) is 5.91 Å². The first-order chi connectivity index (χ1) is 8.16. The van der Waals surface area contributed by atoms with Gasteiger partial charge in [0.25, 0.3) is 5.91 Å². The Labute approximate surface area is 99.1 Å². The Hall–Kier alpha value is -2.17. The highest BCUT2D eigenvalue weighted by molar-refractivity contribution is 6.42. The quantitative estimate of drug-likeness (QED) is 0.824. The van der Waals surface area contributed by atoms with Crippen molar-refractivity contribution in [2.24, 2.45) is 5.10 Å². The molecule has 0 bridgehead atoms. The molecule has 0 saturated heterocycles. The van der Waals surface area contributed by atoms with Gasteiger partial charge in [-0.25, -0.2) is 5.43 Å². The number of nitrogens with zero attached hydrogens (tertiary/aromatic N) is 2. The predicted molar refractivity (Wildman–Crippen MR) is 63.1 cm³/mol. The van der Waals surface area contributed by atoms with E-state index >= 15 is 0 Å². The van der Waals surface area contributed by atoms with E-state index < -0.39 is 0 Å². The molecule has 17 heavy (non-hydrogen) atoms. The van der Waals surface area contributed by atoms with Crippen LogP contribution in [-0.4, -0.2) is 29.5 Å². The van der Waals surface area contributed by atoms with E-state index in [1.54, 1.807) is 11.9 Å². The van der Waals surface area contributed by atoms with E-state index in [0.717, 1.165) is 5.56 Å². The summed E-state index contributed by atoms with van der Waals surface area (Å²) in [5.74, 6) is -0.450. The van der Waals surface area contributed by atoms with Gasteiger partial charge in [0.15, 0.2) is 0 Å². The van der Waals surface area contributed by atoms with Gasteiger partial charge in [-0.1, -0.05) is 30.3 Å². The highest BCUT2D eigenvalue weighted by atomic mass is 16.2. The van der Waals surface area contributed by atoms with Crippen LogP contribution in [0, 0.1) is 0 Å². The minimum atomic E-state index is -0.235. The smallest absolute Gasteiger partial charge is 0.270 e. The van der Waals surface area contributed by atoms with E-state index in [2.05, 4.69) is 10.5 Å². The van der Waals surface area contributed by atoms with Crippen molar-refractivity contribution in [3.05, 3.63) is 35.9 Å². The SMILES string of the molecule is CN(Cc1ccccc1)C(=O)C1=NNC(=O)C1. The second-order valence-corrected chi connectivity index (χ2v) is 3.92. The van der Waals surface area contributed by atoms with Crippen molar-refractivity contribution in [1.29, 1.82) is 0 Å². The molecule has 5 nitrogen and oxygen atoms in total. The van der Waals surface area contributed by atoms with Gasteiger partial charge in [-0.3, -0.25) is 9.59 Å². The Bertz CT molecular complexity index is 468. The summed E-state index contributed by atoms with van der Waals surface area (Å²) in [5.41, 5.74) is 3.59. The lowest BCUT2D eigenvalue weighted by atomic mass is 10.2. The van der Waals surface area contributed by atoms with E-state index in [9.17, 15) is 9.59 Å². The Morgan fingerprint density at radius 3 is 2.71 bits per heavy atom. The van der Waals surface area contributed by atoms with Gasteiger partial charge in [-0.05, 0) is 5.56 Å². The van der Waals surface area contributed by atoms with E-state index in [0.29, 0.717) is 6.54 Å². The van der Waals surface area contributed by atoms with Crippen LogP contribution in [0.2, 0.25) is 0 Å². The van der Waals surface area contributed by atoms with E-state index in [1.165, 1.54) is 0 Å². The van der Waals surface area contributed by atoms with Gasteiger partial charge < -0.3 is 4.90 Å². The second-order valence-electron chi connectivity index (χ2n) is 3.92. The number of hydrogen-bond donors (Lipinski definition) is 1. The molecular weight excluding hydrogens is 218 g/mol. The minimum absolute atomic E-state index is 0.0674. The number of hydrazone groups is 1. The second kappa shape index (κ2) is 4.78. The first kappa shape index (κ1) is 11.3. The minimum Gasteiger partial charge on any atom is -0.336 e. The number of hydrogen-bond acceptors (Lipinski definition) is 3. The summed E-state index contributed by atoms with van der Waals surface area (Å²) in [6.07, 6.45) is 0.0674. The van der Waals surface area contributed by atoms with Crippen LogP contribution in [0.5, 0.6) is 0 Å². The summed E-state index contributed by atoms with van der Waals surface area (Å²) < 4.78 is 0. The highest BCUT2D eigenvalue weighted by Gasteiger charge is 2.24. The standard InChI is InChI=1S/C12H13N3O2/c1-15(8-9-5-3-2-4-6-9)12(17)10-7-11(16)14-13-10/h2-6H,7-8H2,1H3,(H,14,16). The molecule has 1 heterocycles. The third-order valence-electron chi connectivity index (χ3n) is 2.50. The van der Waals surface area contributed by atoms with Crippen LogP contribution in [-0.2, 0) is 16.1 Å². The van der Waals surface area contributed by atoms with E-state index in [4.69, 9.17) is 0 Å². The third-order valence-corrected chi connectivity index (χ3v) is 2.50. The molecule has 0 spiro atoms. The summed E-state index contributed by atoms with van der Waals surface area (Å²) in [4.78, 5) is 24.4. The molecule has 88 valence electrons. The number of amides is 2. The van der Waals surface area contributed by atoms with Crippen molar-refractivity contribution >= 4 is 17.5 Å². The molecule has 0 radical (unpaired) electrons. The molecule has 2 amide bonds. The number of carbonyl (C=O) groups excluding carboxylic acids is 2. The summed E-state index contributed by atoms with van der Waals surface area (Å²) in [5, 5.41) is 3.71. The van der Waals surface area contributed by atoms with E-state index in [-0.39, 0.29) is 23.9 Å². The Balaban J connectivity index is 1.99. The van der Waals surface area contributed by atoms with Crippen LogP contribution >= 0.6 is 0 Å². The summed E-state index contributed by atoms with van der Waals surface area (Å²) in [6.45, 7) is 0.507. The monoisotopic (exact) mass is 231 g/mol. The Morgan fingerprint density at radius 2 is 2.12 bits per heavy atom. The fourth-order valence-corrected chi connectivity index (χ4v) is 1.63. The third kappa shape index (κ3) is 2.69. The van der Waals surface area contributed by atoms with Crippen molar-refractivity contribution in [3.8, 4) is 0 Å². The number of rotatable bonds is 3. The van der Waals surface area contributed by atoms with Crippen LogP contribution in [0.4, 0.5) is 0 Å². The zero-order chi connectivity index (χ0) is 12.3. The maximum absolute atomic E-state index is 11.9. The lowest BCUT2D eigenvalue weighted by molar-refractivity contribution is -0.124. The van der Waals surface area contributed by atoms with Gasteiger partial charge >= 0.3 is 0 Å². The first-order valence-electron chi connectivity index (χ1n) is 5.31. The molecule has 1 aliphatic rings. The zero-order valence-corrected chi connectivity index (χ0v) is 9.51. The highest BCUT2D eigenvalue weighted by Crippen LogP contribution is 2.05. The maximum Gasteiger partial charge on any atom is 0.270 e. The Kier molecular flexibility index (Phi) is 3.18. The average molecular weight is 231 g/mol. The van der Waals surface area contributed by atoms with Crippen molar-refractivity contribution < 1.29 is 9.59 Å². The summed E-state index contributed by atoms with van der Waals surface area (Å²) in [6, 6.07) is 9.67. The molecule has 0 aliphatic carbocycles. The molecule has 0 atom stereocenters.